The van der Waals surface area contributed by atoms with E-state index in [1.54, 1.807) is 24.3 Å². The SMILES string of the molecule is C=[N+]=[N-].O=C(N[C@@H](Cc1ccccc1)C(=O)N[C@@H](Cc1ccccc1)C(=O)O)OCc1ccccc1. The molecule has 3 aromatic carbocycles. The lowest BCUT2D eigenvalue weighted by molar-refractivity contribution is -0.142. The van der Waals surface area contributed by atoms with Crippen molar-refractivity contribution in [2.24, 2.45) is 0 Å². The highest BCUT2D eigenvalue weighted by atomic mass is 16.5. The van der Waals surface area contributed by atoms with Gasteiger partial charge in [0.2, 0.25) is 12.6 Å². The van der Waals surface area contributed by atoms with Gasteiger partial charge in [-0.05, 0) is 16.7 Å². The van der Waals surface area contributed by atoms with E-state index in [0.29, 0.717) is 0 Å². The van der Waals surface area contributed by atoms with Crippen LogP contribution < -0.4 is 10.6 Å². The molecule has 0 unspecified atom stereocenters. The van der Waals surface area contributed by atoms with Crippen molar-refractivity contribution >= 4 is 24.7 Å². The van der Waals surface area contributed by atoms with Crippen LogP contribution in [0.2, 0.25) is 0 Å². The van der Waals surface area contributed by atoms with Crippen LogP contribution in [0.4, 0.5) is 4.79 Å². The van der Waals surface area contributed by atoms with Crippen LogP contribution in [0.3, 0.4) is 0 Å². The van der Waals surface area contributed by atoms with Crippen LogP contribution in [-0.2, 0) is 33.8 Å². The number of carbonyl (C=O) groups excluding carboxylic acids is 2. The molecule has 0 spiro atoms. The number of carbonyl (C=O) groups is 3. The summed E-state index contributed by atoms with van der Waals surface area (Å²) < 4.78 is 5.25. The molecular weight excluding hydrogens is 460 g/mol. The highest BCUT2D eigenvalue weighted by Crippen LogP contribution is 2.08. The first-order chi connectivity index (χ1) is 17.4. The summed E-state index contributed by atoms with van der Waals surface area (Å²) >= 11 is 0. The molecule has 3 aromatic rings. The Kier molecular flexibility index (Phi) is 11.6. The number of aliphatic carboxylic acids is 1. The average molecular weight is 489 g/mol. The molecule has 186 valence electrons. The second-order valence-electron chi connectivity index (χ2n) is 7.68. The van der Waals surface area contributed by atoms with E-state index < -0.39 is 30.1 Å². The Hall–Kier alpha value is -4.75. The van der Waals surface area contributed by atoms with Crippen LogP contribution in [0.15, 0.2) is 91.0 Å². The topological polar surface area (TPSA) is 141 Å². The number of ether oxygens (including phenoxy) is 1. The minimum absolute atomic E-state index is 0.0537. The molecule has 9 heteroatoms. The maximum Gasteiger partial charge on any atom is 0.408 e. The zero-order chi connectivity index (χ0) is 26.2. The lowest BCUT2D eigenvalue weighted by atomic mass is 10.0. The molecule has 0 aliphatic heterocycles. The molecule has 0 aromatic heterocycles. The molecule has 0 radical (unpaired) electrons. The third-order valence-electron chi connectivity index (χ3n) is 5.00. The second kappa shape index (κ2) is 15.2. The van der Waals surface area contributed by atoms with E-state index in [2.05, 4.69) is 22.1 Å². The van der Waals surface area contributed by atoms with Crippen molar-refractivity contribution in [1.29, 1.82) is 0 Å². The van der Waals surface area contributed by atoms with Gasteiger partial charge in [-0.15, -0.1) is 0 Å². The molecule has 2 atom stereocenters. The molecule has 3 N–H and O–H groups in total. The van der Waals surface area contributed by atoms with Gasteiger partial charge in [-0.25, -0.2) is 9.59 Å². The van der Waals surface area contributed by atoms with Crippen molar-refractivity contribution in [2.75, 3.05) is 0 Å². The Bertz CT molecular complexity index is 1130. The van der Waals surface area contributed by atoms with Gasteiger partial charge in [0.25, 0.3) is 0 Å². The Labute approximate surface area is 209 Å². The van der Waals surface area contributed by atoms with E-state index in [9.17, 15) is 19.5 Å². The predicted octanol–water partition coefficient (Wildman–Crippen LogP) is 3.25. The van der Waals surface area contributed by atoms with Gasteiger partial charge in [-0.3, -0.25) is 4.79 Å². The molecule has 9 nitrogen and oxygen atoms in total. The Morgan fingerprint density at radius 3 is 1.64 bits per heavy atom. The van der Waals surface area contributed by atoms with Gasteiger partial charge in [0.15, 0.2) is 0 Å². The van der Waals surface area contributed by atoms with Crippen molar-refractivity contribution in [3.8, 4) is 0 Å². The highest BCUT2D eigenvalue weighted by molar-refractivity contribution is 5.89. The minimum atomic E-state index is -1.16. The van der Waals surface area contributed by atoms with Crippen molar-refractivity contribution in [1.82, 2.24) is 10.6 Å². The van der Waals surface area contributed by atoms with Gasteiger partial charge in [0.05, 0.1) is 0 Å². The largest absolute Gasteiger partial charge is 0.480 e. The number of nitrogens with zero attached hydrogens (tertiary/aromatic N) is 2. The number of hydrogen-bond acceptors (Lipinski definition) is 4. The van der Waals surface area contributed by atoms with E-state index in [4.69, 9.17) is 10.3 Å². The van der Waals surface area contributed by atoms with Gasteiger partial charge < -0.3 is 26.0 Å². The summed E-state index contributed by atoms with van der Waals surface area (Å²) in [6.45, 7) is 2.72. The van der Waals surface area contributed by atoms with Crippen LogP contribution in [0.1, 0.15) is 16.7 Å². The Balaban J connectivity index is 0.00000145. The molecule has 36 heavy (non-hydrogen) atoms. The highest BCUT2D eigenvalue weighted by Gasteiger charge is 2.27. The molecule has 3 rings (SSSR count). The van der Waals surface area contributed by atoms with E-state index in [-0.39, 0.29) is 19.4 Å². The molecular formula is C27H28N4O5. The third kappa shape index (κ3) is 10.0. The summed E-state index contributed by atoms with van der Waals surface area (Å²) in [6.07, 6.45) is -0.451. The summed E-state index contributed by atoms with van der Waals surface area (Å²) in [5, 5.41) is 14.8. The monoisotopic (exact) mass is 488 g/mol. The Morgan fingerprint density at radius 2 is 1.19 bits per heavy atom. The van der Waals surface area contributed by atoms with Crippen molar-refractivity contribution in [3.05, 3.63) is 113 Å². The number of rotatable bonds is 10. The number of carboxylic acid groups (broad SMARTS) is 1. The molecule has 0 aliphatic rings. The van der Waals surface area contributed by atoms with Gasteiger partial charge in [0, 0.05) is 12.8 Å². The fourth-order valence-electron chi connectivity index (χ4n) is 3.29. The van der Waals surface area contributed by atoms with Gasteiger partial charge >= 0.3 is 12.1 Å². The number of benzene rings is 3. The number of carboxylic acids is 1. The summed E-state index contributed by atoms with van der Waals surface area (Å²) in [5.41, 5.74) is 9.49. The normalized spacial score (nSPS) is 11.4. The first-order valence-corrected chi connectivity index (χ1v) is 11.1. The Morgan fingerprint density at radius 1 is 0.778 bits per heavy atom. The zero-order valence-corrected chi connectivity index (χ0v) is 19.6. The lowest BCUT2D eigenvalue weighted by Gasteiger charge is -2.21. The van der Waals surface area contributed by atoms with Crippen molar-refractivity contribution in [3.63, 3.8) is 0 Å². The quantitative estimate of drug-likeness (QED) is 0.228. The van der Waals surface area contributed by atoms with Crippen molar-refractivity contribution < 1.29 is 29.0 Å². The summed E-state index contributed by atoms with van der Waals surface area (Å²) in [7, 11) is 0. The van der Waals surface area contributed by atoms with Crippen LogP contribution >= 0.6 is 0 Å². The number of amides is 2. The number of hydrogen-bond donors (Lipinski definition) is 3. The number of alkyl carbamates (subject to hydrolysis) is 1. The maximum atomic E-state index is 13.0. The maximum absolute atomic E-state index is 13.0. The number of nitrogens with one attached hydrogen (secondary N) is 2. The fraction of sp³-hybridized carbons (Fsp3) is 0.185. The van der Waals surface area contributed by atoms with Crippen LogP contribution in [0.5, 0.6) is 0 Å². The first-order valence-electron chi connectivity index (χ1n) is 11.1. The third-order valence-corrected chi connectivity index (χ3v) is 5.00. The molecule has 0 bridgehead atoms. The van der Waals surface area contributed by atoms with Gasteiger partial charge in [0.1, 0.15) is 18.7 Å². The first kappa shape index (κ1) is 27.5. The predicted molar refractivity (Wildman–Crippen MR) is 134 cm³/mol. The van der Waals surface area contributed by atoms with Crippen molar-refractivity contribution in [2.45, 2.75) is 31.5 Å². The minimum Gasteiger partial charge on any atom is -0.480 e. The van der Waals surface area contributed by atoms with E-state index in [0.717, 1.165) is 16.7 Å². The standard InChI is InChI=1S/C26H26N2O5.CH2N2/c29-24(27-23(25(30)31)17-20-12-6-2-7-13-20)22(16-19-10-4-1-5-11-19)28-26(32)33-18-21-14-8-3-9-15-21;1-3-2/h1-15,22-23H,16-18H2,(H,27,29)(H,28,32)(H,30,31);1H2/t22-,23-;/m0./s1. The molecule has 0 fully saturated rings. The molecule has 0 heterocycles. The van der Waals surface area contributed by atoms with Gasteiger partial charge in [-0.1, -0.05) is 91.0 Å². The van der Waals surface area contributed by atoms with E-state index >= 15 is 0 Å². The average Bonchev–Trinajstić information content (AvgIpc) is 2.89. The second-order valence-corrected chi connectivity index (χ2v) is 7.68. The van der Waals surface area contributed by atoms with Crippen LogP contribution in [-0.4, -0.2) is 46.7 Å². The zero-order valence-electron chi connectivity index (χ0n) is 19.6. The van der Waals surface area contributed by atoms with E-state index in [1.165, 1.54) is 0 Å². The summed E-state index contributed by atoms with van der Waals surface area (Å²) in [4.78, 5) is 39.4. The summed E-state index contributed by atoms with van der Waals surface area (Å²) in [6, 6.07) is 25.2. The van der Waals surface area contributed by atoms with Crippen LogP contribution in [0, 0.1) is 0 Å². The van der Waals surface area contributed by atoms with E-state index in [1.807, 2.05) is 66.7 Å². The molecule has 0 saturated heterocycles. The van der Waals surface area contributed by atoms with Crippen LogP contribution in [0.25, 0.3) is 5.53 Å². The summed E-state index contributed by atoms with van der Waals surface area (Å²) in [5.74, 6) is -1.75. The van der Waals surface area contributed by atoms with Gasteiger partial charge in [-0.2, -0.15) is 4.79 Å². The fourth-order valence-corrected chi connectivity index (χ4v) is 3.29. The molecule has 2 amide bonds. The lowest BCUT2D eigenvalue weighted by Crippen LogP contribution is -2.53. The molecule has 0 aliphatic carbocycles. The molecule has 0 saturated carbocycles. The smallest absolute Gasteiger partial charge is 0.408 e.